The molecule has 21 heavy (non-hydrogen) atoms. The lowest BCUT2D eigenvalue weighted by atomic mass is 10.1. The maximum Gasteiger partial charge on any atom is 0.254 e. The van der Waals surface area contributed by atoms with Crippen molar-refractivity contribution < 1.29 is 9.90 Å². The van der Waals surface area contributed by atoms with Crippen molar-refractivity contribution in [2.24, 2.45) is 0 Å². The van der Waals surface area contributed by atoms with Gasteiger partial charge in [-0.25, -0.2) is 4.98 Å². The minimum absolute atomic E-state index is 0.00930. The van der Waals surface area contributed by atoms with Gasteiger partial charge in [-0.3, -0.25) is 4.79 Å². The second-order valence-electron chi connectivity index (χ2n) is 5.68. The van der Waals surface area contributed by atoms with E-state index >= 15 is 0 Å². The highest BCUT2D eigenvalue weighted by Crippen LogP contribution is 2.25. The van der Waals surface area contributed by atoms with E-state index in [2.05, 4.69) is 11.9 Å². The van der Waals surface area contributed by atoms with Crippen LogP contribution in [0.15, 0.2) is 12.1 Å². The fourth-order valence-electron chi connectivity index (χ4n) is 3.06. The number of aliphatic hydroxyl groups excluding tert-OH is 1. The first-order chi connectivity index (χ1) is 10.2. The first-order valence-corrected chi connectivity index (χ1v) is 7.84. The molecule has 116 valence electrons. The first-order valence-electron chi connectivity index (χ1n) is 7.84. The summed E-state index contributed by atoms with van der Waals surface area (Å²) in [7, 11) is 0. The van der Waals surface area contributed by atoms with Crippen LogP contribution in [0.25, 0.3) is 0 Å². The third kappa shape index (κ3) is 3.94. The lowest BCUT2D eigenvalue weighted by molar-refractivity contribution is 0.0638. The van der Waals surface area contributed by atoms with Crippen molar-refractivity contribution in [3.05, 3.63) is 23.4 Å². The van der Waals surface area contributed by atoms with Gasteiger partial charge >= 0.3 is 0 Å². The normalized spacial score (nSPS) is 15.3. The number of anilines is 1. The Hall–Kier alpha value is -1.62. The van der Waals surface area contributed by atoms with E-state index in [0.717, 1.165) is 44.2 Å². The number of nitrogen functional groups attached to an aromatic ring is 1. The van der Waals surface area contributed by atoms with Gasteiger partial charge in [-0.1, -0.05) is 26.2 Å². The van der Waals surface area contributed by atoms with E-state index in [1.807, 2.05) is 6.07 Å². The van der Waals surface area contributed by atoms with E-state index in [4.69, 9.17) is 5.73 Å². The summed E-state index contributed by atoms with van der Waals surface area (Å²) in [6.45, 7) is 2.45. The molecule has 1 amide bonds. The minimum Gasteiger partial charge on any atom is -0.395 e. The molecule has 1 aliphatic rings. The van der Waals surface area contributed by atoms with Crippen LogP contribution in [-0.2, 0) is 6.42 Å². The Bertz CT molecular complexity index is 484. The Labute approximate surface area is 126 Å². The minimum atomic E-state index is -0.0394. The fourth-order valence-corrected chi connectivity index (χ4v) is 3.06. The second-order valence-corrected chi connectivity index (χ2v) is 5.68. The van der Waals surface area contributed by atoms with Crippen LogP contribution in [0.5, 0.6) is 0 Å². The molecular formula is C16H25N3O2. The maximum atomic E-state index is 12.8. The van der Waals surface area contributed by atoms with Gasteiger partial charge in [-0.2, -0.15) is 0 Å². The standard InChI is InChI=1S/C16H25N3O2/c1-2-5-13-10-12(11-15(17)18-13)16(21)19(8-9-20)14-6-3-4-7-14/h10-11,14,20H,2-9H2,1H3,(H2,17,18). The van der Waals surface area contributed by atoms with E-state index < -0.39 is 0 Å². The Kier molecular flexibility index (Phi) is 5.56. The number of aryl methyl sites for hydroxylation is 1. The molecule has 0 unspecified atom stereocenters. The molecule has 0 aromatic carbocycles. The van der Waals surface area contributed by atoms with Crippen LogP contribution in [0.1, 0.15) is 55.1 Å². The number of nitrogens with two attached hydrogens (primary N) is 1. The molecule has 5 nitrogen and oxygen atoms in total. The smallest absolute Gasteiger partial charge is 0.254 e. The van der Waals surface area contributed by atoms with E-state index in [1.165, 1.54) is 0 Å². The molecule has 3 N–H and O–H groups in total. The molecule has 0 bridgehead atoms. The van der Waals surface area contributed by atoms with E-state index in [9.17, 15) is 9.90 Å². The van der Waals surface area contributed by atoms with Gasteiger partial charge in [-0.05, 0) is 31.4 Å². The molecule has 0 radical (unpaired) electrons. The molecule has 2 rings (SSSR count). The lowest BCUT2D eigenvalue weighted by Gasteiger charge is -2.28. The number of nitrogens with zero attached hydrogens (tertiary/aromatic N) is 2. The fraction of sp³-hybridized carbons (Fsp3) is 0.625. The largest absolute Gasteiger partial charge is 0.395 e. The van der Waals surface area contributed by atoms with E-state index in [0.29, 0.717) is 17.9 Å². The van der Waals surface area contributed by atoms with Gasteiger partial charge in [0.25, 0.3) is 5.91 Å². The summed E-state index contributed by atoms with van der Waals surface area (Å²) in [5.41, 5.74) is 7.27. The third-order valence-electron chi connectivity index (χ3n) is 4.02. The van der Waals surface area contributed by atoms with Crippen molar-refractivity contribution in [3.63, 3.8) is 0 Å². The van der Waals surface area contributed by atoms with Crippen LogP contribution in [0, 0.1) is 0 Å². The Morgan fingerprint density at radius 1 is 1.43 bits per heavy atom. The molecule has 1 saturated carbocycles. The molecular weight excluding hydrogens is 266 g/mol. The summed E-state index contributed by atoms with van der Waals surface area (Å²) in [5.74, 6) is 0.349. The number of carbonyl (C=O) groups is 1. The molecule has 5 heteroatoms. The van der Waals surface area contributed by atoms with Gasteiger partial charge in [0, 0.05) is 23.8 Å². The van der Waals surface area contributed by atoms with Gasteiger partial charge in [0.2, 0.25) is 0 Å². The summed E-state index contributed by atoms with van der Waals surface area (Å²) >= 11 is 0. The molecule has 0 spiro atoms. The highest BCUT2D eigenvalue weighted by Gasteiger charge is 2.27. The number of aliphatic hydroxyl groups is 1. The SMILES string of the molecule is CCCc1cc(C(=O)N(CCO)C2CCCC2)cc(N)n1. The van der Waals surface area contributed by atoms with Gasteiger partial charge in [0.05, 0.1) is 6.61 Å². The Balaban J connectivity index is 2.22. The van der Waals surface area contributed by atoms with Crippen molar-refractivity contribution in [3.8, 4) is 0 Å². The number of amides is 1. The zero-order chi connectivity index (χ0) is 15.2. The average Bonchev–Trinajstić information content (AvgIpc) is 2.97. The molecule has 1 aromatic rings. The van der Waals surface area contributed by atoms with Crippen molar-refractivity contribution in [1.29, 1.82) is 0 Å². The zero-order valence-electron chi connectivity index (χ0n) is 12.7. The van der Waals surface area contributed by atoms with Gasteiger partial charge < -0.3 is 15.7 Å². The monoisotopic (exact) mass is 291 g/mol. The number of carbonyl (C=O) groups excluding carboxylic acids is 1. The molecule has 0 atom stereocenters. The van der Waals surface area contributed by atoms with Gasteiger partial charge in [0.1, 0.15) is 5.82 Å². The number of hydrogen-bond acceptors (Lipinski definition) is 4. The van der Waals surface area contributed by atoms with Gasteiger partial charge in [-0.15, -0.1) is 0 Å². The van der Waals surface area contributed by atoms with Crippen molar-refractivity contribution in [2.75, 3.05) is 18.9 Å². The molecule has 1 fully saturated rings. The number of rotatable bonds is 6. The topological polar surface area (TPSA) is 79.5 Å². The van der Waals surface area contributed by atoms with Crippen LogP contribution in [0.2, 0.25) is 0 Å². The summed E-state index contributed by atoms with van der Waals surface area (Å²) in [6.07, 6.45) is 6.13. The predicted molar refractivity (Wildman–Crippen MR) is 83.0 cm³/mol. The van der Waals surface area contributed by atoms with Crippen LogP contribution in [-0.4, -0.2) is 40.1 Å². The van der Waals surface area contributed by atoms with Gasteiger partial charge in [0.15, 0.2) is 0 Å². The molecule has 0 saturated heterocycles. The van der Waals surface area contributed by atoms with Crippen LogP contribution < -0.4 is 5.73 Å². The lowest BCUT2D eigenvalue weighted by Crippen LogP contribution is -2.40. The Morgan fingerprint density at radius 3 is 2.76 bits per heavy atom. The van der Waals surface area contributed by atoms with Crippen molar-refractivity contribution in [2.45, 2.75) is 51.5 Å². The highest BCUT2D eigenvalue weighted by molar-refractivity contribution is 5.95. The molecule has 0 aliphatic heterocycles. The third-order valence-corrected chi connectivity index (χ3v) is 4.02. The average molecular weight is 291 g/mol. The molecule has 1 aromatic heterocycles. The van der Waals surface area contributed by atoms with Crippen LogP contribution >= 0.6 is 0 Å². The number of aromatic nitrogens is 1. The quantitative estimate of drug-likeness (QED) is 0.840. The van der Waals surface area contributed by atoms with Crippen molar-refractivity contribution >= 4 is 11.7 Å². The summed E-state index contributed by atoms with van der Waals surface area (Å²) in [5, 5.41) is 9.26. The van der Waals surface area contributed by atoms with Crippen LogP contribution in [0.4, 0.5) is 5.82 Å². The van der Waals surface area contributed by atoms with E-state index in [1.54, 1.807) is 11.0 Å². The molecule has 1 heterocycles. The predicted octanol–water partition coefficient (Wildman–Crippen LogP) is 1.99. The molecule has 1 aliphatic carbocycles. The van der Waals surface area contributed by atoms with Crippen molar-refractivity contribution in [1.82, 2.24) is 9.88 Å². The number of pyridine rings is 1. The highest BCUT2D eigenvalue weighted by atomic mass is 16.3. The zero-order valence-corrected chi connectivity index (χ0v) is 12.7. The first kappa shape index (κ1) is 15.8. The number of hydrogen-bond donors (Lipinski definition) is 2. The van der Waals surface area contributed by atoms with E-state index in [-0.39, 0.29) is 18.6 Å². The summed E-state index contributed by atoms with van der Waals surface area (Å²) < 4.78 is 0. The summed E-state index contributed by atoms with van der Waals surface area (Å²) in [4.78, 5) is 18.8. The second kappa shape index (κ2) is 7.41. The van der Waals surface area contributed by atoms with Crippen LogP contribution in [0.3, 0.4) is 0 Å². The Morgan fingerprint density at radius 2 is 2.14 bits per heavy atom. The summed E-state index contributed by atoms with van der Waals surface area (Å²) in [6, 6.07) is 3.72. The maximum absolute atomic E-state index is 12.8.